The summed E-state index contributed by atoms with van der Waals surface area (Å²) in [7, 11) is 2.08. The van der Waals surface area contributed by atoms with Crippen LogP contribution in [0.5, 0.6) is 0 Å². The molecule has 21 heavy (non-hydrogen) atoms. The normalized spacial score (nSPS) is 18.0. The third-order valence-electron chi connectivity index (χ3n) is 3.84. The Morgan fingerprint density at radius 2 is 1.81 bits per heavy atom. The molecule has 0 aliphatic carbocycles. The molecular weight excluding hydrogens is 266 g/mol. The Hall–Kier alpha value is -1.88. The molecule has 2 N–H and O–H groups in total. The Morgan fingerprint density at radius 3 is 2.43 bits per heavy atom. The fraction of sp³-hybridized carbons (Fsp3) is 0.500. The second-order valence-corrected chi connectivity index (χ2v) is 5.65. The zero-order valence-corrected chi connectivity index (χ0v) is 12.6. The molecule has 1 fully saturated rings. The minimum Gasteiger partial charge on any atom is -0.351 e. The van der Waals surface area contributed by atoms with Crippen molar-refractivity contribution in [2.75, 3.05) is 20.1 Å². The van der Waals surface area contributed by atoms with Crippen LogP contribution in [-0.4, -0.2) is 48.9 Å². The van der Waals surface area contributed by atoms with E-state index in [1.165, 1.54) is 0 Å². The Kier molecular flexibility index (Phi) is 5.33. The molecule has 5 heteroatoms. The molecule has 0 spiro atoms. The summed E-state index contributed by atoms with van der Waals surface area (Å²) in [4.78, 5) is 26.4. The maximum Gasteiger partial charge on any atom is 0.251 e. The van der Waals surface area contributed by atoms with Gasteiger partial charge in [0.15, 0.2) is 0 Å². The van der Waals surface area contributed by atoms with Gasteiger partial charge in [0.25, 0.3) is 5.91 Å². The molecule has 0 radical (unpaired) electrons. The number of hydrogen-bond acceptors (Lipinski definition) is 3. The molecule has 0 saturated carbocycles. The van der Waals surface area contributed by atoms with Crippen LogP contribution in [0.4, 0.5) is 0 Å². The second kappa shape index (κ2) is 7.22. The van der Waals surface area contributed by atoms with Gasteiger partial charge in [-0.2, -0.15) is 0 Å². The maximum absolute atomic E-state index is 12.1. The zero-order chi connectivity index (χ0) is 15.2. The van der Waals surface area contributed by atoms with Crippen LogP contribution in [0.25, 0.3) is 0 Å². The molecule has 2 amide bonds. The monoisotopic (exact) mass is 289 g/mol. The van der Waals surface area contributed by atoms with Crippen LogP contribution in [-0.2, 0) is 4.79 Å². The van der Waals surface area contributed by atoms with E-state index in [4.69, 9.17) is 0 Å². The minimum absolute atomic E-state index is 0.117. The van der Waals surface area contributed by atoms with Gasteiger partial charge in [0.2, 0.25) is 5.91 Å². The summed E-state index contributed by atoms with van der Waals surface area (Å²) in [5.74, 6) is -0.338. The van der Waals surface area contributed by atoms with Crippen molar-refractivity contribution in [2.24, 2.45) is 0 Å². The van der Waals surface area contributed by atoms with Gasteiger partial charge in [0.1, 0.15) is 6.04 Å². The summed E-state index contributed by atoms with van der Waals surface area (Å²) >= 11 is 0. The predicted molar refractivity (Wildman–Crippen MR) is 82.0 cm³/mol. The molecule has 1 heterocycles. The van der Waals surface area contributed by atoms with Crippen LogP contribution < -0.4 is 10.6 Å². The number of benzene rings is 1. The van der Waals surface area contributed by atoms with Crippen molar-refractivity contribution in [2.45, 2.75) is 31.8 Å². The van der Waals surface area contributed by atoms with Gasteiger partial charge in [0, 0.05) is 11.6 Å². The van der Waals surface area contributed by atoms with Crippen molar-refractivity contribution in [3.8, 4) is 0 Å². The third kappa shape index (κ3) is 4.56. The smallest absolute Gasteiger partial charge is 0.251 e. The topological polar surface area (TPSA) is 61.4 Å². The molecule has 1 atom stereocenters. The van der Waals surface area contributed by atoms with E-state index in [2.05, 4.69) is 22.6 Å². The van der Waals surface area contributed by atoms with E-state index >= 15 is 0 Å². The highest BCUT2D eigenvalue weighted by Gasteiger charge is 2.22. The molecule has 1 aliphatic rings. The molecule has 0 aromatic heterocycles. The third-order valence-corrected chi connectivity index (χ3v) is 3.84. The van der Waals surface area contributed by atoms with Crippen molar-refractivity contribution in [3.05, 3.63) is 35.9 Å². The summed E-state index contributed by atoms with van der Waals surface area (Å²) in [5, 5.41) is 5.75. The van der Waals surface area contributed by atoms with Gasteiger partial charge in [-0.25, -0.2) is 0 Å². The number of carbonyl (C=O) groups excluding carboxylic acids is 2. The minimum atomic E-state index is -0.530. The number of carbonyl (C=O) groups is 2. The average Bonchev–Trinajstić information content (AvgIpc) is 2.50. The fourth-order valence-electron chi connectivity index (χ4n) is 2.41. The van der Waals surface area contributed by atoms with Gasteiger partial charge in [-0.1, -0.05) is 18.2 Å². The average molecular weight is 289 g/mol. The lowest BCUT2D eigenvalue weighted by Gasteiger charge is -2.30. The standard InChI is InChI=1S/C16H23N3O2/c1-12(17-16(21)13-6-4-3-5-7-13)15(20)18-14-8-10-19(2)11-9-14/h3-7,12,14H,8-11H2,1-2H3,(H,17,21)(H,18,20). The number of amides is 2. The number of nitrogens with zero attached hydrogens (tertiary/aromatic N) is 1. The van der Waals surface area contributed by atoms with Gasteiger partial charge in [-0.3, -0.25) is 9.59 Å². The maximum atomic E-state index is 12.1. The van der Waals surface area contributed by atoms with Crippen molar-refractivity contribution in [3.63, 3.8) is 0 Å². The van der Waals surface area contributed by atoms with Gasteiger partial charge in [-0.05, 0) is 52.0 Å². The molecule has 0 bridgehead atoms. The Bertz CT molecular complexity index is 482. The molecule has 1 aliphatic heterocycles. The van der Waals surface area contributed by atoms with E-state index in [0.717, 1.165) is 25.9 Å². The van der Waals surface area contributed by atoms with Gasteiger partial charge < -0.3 is 15.5 Å². The summed E-state index contributed by atoms with van der Waals surface area (Å²) in [6, 6.07) is 8.61. The number of hydrogen-bond donors (Lipinski definition) is 2. The van der Waals surface area contributed by atoms with E-state index < -0.39 is 6.04 Å². The van der Waals surface area contributed by atoms with Crippen LogP contribution >= 0.6 is 0 Å². The molecule has 1 aromatic rings. The first-order valence-corrected chi connectivity index (χ1v) is 7.41. The Labute approximate surface area is 125 Å². The first-order valence-electron chi connectivity index (χ1n) is 7.41. The van der Waals surface area contributed by atoms with Crippen molar-refractivity contribution >= 4 is 11.8 Å². The van der Waals surface area contributed by atoms with Gasteiger partial charge >= 0.3 is 0 Å². The lowest BCUT2D eigenvalue weighted by molar-refractivity contribution is -0.123. The molecule has 1 unspecified atom stereocenters. The molecule has 1 aromatic carbocycles. The van der Waals surface area contributed by atoms with Crippen LogP contribution in [0.1, 0.15) is 30.1 Å². The van der Waals surface area contributed by atoms with E-state index in [1.807, 2.05) is 6.07 Å². The number of piperidine rings is 1. The van der Waals surface area contributed by atoms with Gasteiger partial charge in [0.05, 0.1) is 0 Å². The Morgan fingerprint density at radius 1 is 1.19 bits per heavy atom. The first-order chi connectivity index (χ1) is 10.1. The second-order valence-electron chi connectivity index (χ2n) is 5.65. The summed E-state index contributed by atoms with van der Waals surface area (Å²) in [6.45, 7) is 3.70. The van der Waals surface area contributed by atoms with Crippen molar-refractivity contribution in [1.82, 2.24) is 15.5 Å². The van der Waals surface area contributed by atoms with Crippen LogP contribution in [0.15, 0.2) is 30.3 Å². The fourth-order valence-corrected chi connectivity index (χ4v) is 2.41. The van der Waals surface area contributed by atoms with E-state index in [-0.39, 0.29) is 17.9 Å². The lowest BCUT2D eigenvalue weighted by Crippen LogP contribution is -2.50. The SMILES string of the molecule is CC(NC(=O)c1ccccc1)C(=O)NC1CCN(C)CC1. The van der Waals surface area contributed by atoms with E-state index in [9.17, 15) is 9.59 Å². The summed E-state index contributed by atoms with van der Waals surface area (Å²) in [6.07, 6.45) is 1.92. The van der Waals surface area contributed by atoms with E-state index in [1.54, 1.807) is 31.2 Å². The van der Waals surface area contributed by atoms with Crippen LogP contribution in [0, 0.1) is 0 Å². The zero-order valence-electron chi connectivity index (χ0n) is 12.6. The molecule has 114 valence electrons. The first kappa shape index (κ1) is 15.5. The molecule has 1 saturated heterocycles. The Balaban J connectivity index is 1.81. The lowest BCUT2D eigenvalue weighted by atomic mass is 10.1. The van der Waals surface area contributed by atoms with Gasteiger partial charge in [-0.15, -0.1) is 0 Å². The summed E-state index contributed by atoms with van der Waals surface area (Å²) < 4.78 is 0. The quantitative estimate of drug-likeness (QED) is 0.870. The highest BCUT2D eigenvalue weighted by atomic mass is 16.2. The number of likely N-dealkylation sites (tertiary alicyclic amines) is 1. The van der Waals surface area contributed by atoms with Crippen LogP contribution in [0.3, 0.4) is 0 Å². The molecule has 5 nitrogen and oxygen atoms in total. The molecule has 2 rings (SSSR count). The number of nitrogens with one attached hydrogen (secondary N) is 2. The van der Waals surface area contributed by atoms with Crippen molar-refractivity contribution in [1.29, 1.82) is 0 Å². The van der Waals surface area contributed by atoms with Crippen molar-refractivity contribution < 1.29 is 9.59 Å². The predicted octanol–water partition coefficient (Wildman–Crippen LogP) is 1.02. The van der Waals surface area contributed by atoms with E-state index in [0.29, 0.717) is 5.56 Å². The summed E-state index contributed by atoms with van der Waals surface area (Å²) in [5.41, 5.74) is 0.566. The highest BCUT2D eigenvalue weighted by molar-refractivity contribution is 5.97. The van der Waals surface area contributed by atoms with Crippen LogP contribution in [0.2, 0.25) is 0 Å². The number of rotatable bonds is 4. The highest BCUT2D eigenvalue weighted by Crippen LogP contribution is 2.08. The molecular formula is C16H23N3O2. The largest absolute Gasteiger partial charge is 0.351 e.